The summed E-state index contributed by atoms with van der Waals surface area (Å²) < 4.78 is 38.2. The van der Waals surface area contributed by atoms with Crippen molar-refractivity contribution in [2.75, 3.05) is 25.5 Å². The monoisotopic (exact) mass is 398 g/mol. The summed E-state index contributed by atoms with van der Waals surface area (Å²) in [5, 5.41) is 2.97. The fourth-order valence-electron chi connectivity index (χ4n) is 2.25. The number of ether oxygens (including phenoxy) is 2. The lowest BCUT2D eigenvalue weighted by Gasteiger charge is -2.14. The van der Waals surface area contributed by atoms with E-state index in [4.69, 9.17) is 21.1 Å². The van der Waals surface area contributed by atoms with Gasteiger partial charge in [0.25, 0.3) is 15.9 Å². The fourth-order valence-corrected chi connectivity index (χ4v) is 3.51. The zero-order chi connectivity index (χ0) is 19.3. The molecule has 0 bridgehead atoms. The molecule has 0 unspecified atom stereocenters. The van der Waals surface area contributed by atoms with E-state index in [0.29, 0.717) is 17.3 Å². The highest BCUT2D eigenvalue weighted by molar-refractivity contribution is 7.92. The fraction of sp³-hybridized carbons (Fsp3) is 0.235. The van der Waals surface area contributed by atoms with E-state index in [-0.39, 0.29) is 21.9 Å². The average Bonchev–Trinajstić information content (AvgIpc) is 2.61. The average molecular weight is 399 g/mol. The van der Waals surface area contributed by atoms with Gasteiger partial charge in [-0.3, -0.25) is 9.52 Å². The number of benzene rings is 2. The number of methoxy groups -OCH3 is 2. The summed E-state index contributed by atoms with van der Waals surface area (Å²) in [6.07, 6.45) is 0. The van der Waals surface area contributed by atoms with Gasteiger partial charge in [-0.1, -0.05) is 11.6 Å². The lowest BCUT2D eigenvalue weighted by atomic mass is 10.2. The van der Waals surface area contributed by atoms with Crippen LogP contribution in [0, 0.1) is 0 Å². The highest BCUT2D eigenvalue weighted by Crippen LogP contribution is 2.30. The number of carbonyl (C=O) groups is 1. The van der Waals surface area contributed by atoms with Crippen molar-refractivity contribution >= 4 is 33.2 Å². The summed E-state index contributed by atoms with van der Waals surface area (Å²) >= 11 is 5.93. The second-order valence-electron chi connectivity index (χ2n) is 5.17. The number of rotatable bonds is 7. The molecule has 1 amide bonds. The SMILES string of the molecule is CCNC(=O)c1cc(S(=O)(=O)Nc2cc(Cl)ccc2OC)ccc1OC. The molecule has 2 rings (SSSR count). The Labute approximate surface area is 157 Å². The summed E-state index contributed by atoms with van der Waals surface area (Å²) in [7, 11) is -1.16. The van der Waals surface area contributed by atoms with E-state index in [1.54, 1.807) is 19.1 Å². The zero-order valence-electron chi connectivity index (χ0n) is 14.5. The Bertz CT molecular complexity index is 915. The highest BCUT2D eigenvalue weighted by atomic mass is 35.5. The number of halogens is 1. The van der Waals surface area contributed by atoms with Gasteiger partial charge in [0.1, 0.15) is 11.5 Å². The molecular formula is C17H19ClN2O5S. The van der Waals surface area contributed by atoms with E-state index < -0.39 is 15.9 Å². The second kappa shape index (κ2) is 8.29. The summed E-state index contributed by atoms with van der Waals surface area (Å²) in [6, 6.07) is 8.59. The van der Waals surface area contributed by atoms with Crippen molar-refractivity contribution in [2.24, 2.45) is 0 Å². The molecule has 0 aliphatic carbocycles. The number of anilines is 1. The molecule has 0 radical (unpaired) electrons. The summed E-state index contributed by atoms with van der Waals surface area (Å²) in [5.41, 5.74) is 0.311. The van der Waals surface area contributed by atoms with Crippen LogP contribution in [0.15, 0.2) is 41.3 Å². The number of sulfonamides is 1. The lowest BCUT2D eigenvalue weighted by Crippen LogP contribution is -2.24. The largest absolute Gasteiger partial charge is 0.496 e. The van der Waals surface area contributed by atoms with Gasteiger partial charge in [-0.15, -0.1) is 0 Å². The summed E-state index contributed by atoms with van der Waals surface area (Å²) in [6.45, 7) is 2.16. The van der Waals surface area contributed by atoms with E-state index in [9.17, 15) is 13.2 Å². The Balaban J connectivity index is 2.45. The second-order valence-corrected chi connectivity index (χ2v) is 7.29. The Morgan fingerprint density at radius 2 is 1.73 bits per heavy atom. The van der Waals surface area contributed by atoms with E-state index >= 15 is 0 Å². The molecule has 0 atom stereocenters. The maximum absolute atomic E-state index is 12.7. The molecule has 7 nitrogen and oxygen atoms in total. The smallest absolute Gasteiger partial charge is 0.262 e. The van der Waals surface area contributed by atoms with Crippen molar-refractivity contribution in [3.05, 3.63) is 47.0 Å². The molecule has 0 fully saturated rings. The third-order valence-corrected chi connectivity index (χ3v) is 5.07. The van der Waals surface area contributed by atoms with Gasteiger partial charge in [0.2, 0.25) is 0 Å². The predicted molar refractivity (Wildman–Crippen MR) is 99.8 cm³/mol. The van der Waals surface area contributed by atoms with E-state index in [0.717, 1.165) is 0 Å². The first-order valence-electron chi connectivity index (χ1n) is 7.65. The van der Waals surface area contributed by atoms with Crippen molar-refractivity contribution in [2.45, 2.75) is 11.8 Å². The molecular weight excluding hydrogens is 380 g/mol. The Morgan fingerprint density at radius 1 is 1.08 bits per heavy atom. The first-order chi connectivity index (χ1) is 12.3. The van der Waals surface area contributed by atoms with Gasteiger partial charge in [-0.05, 0) is 43.3 Å². The molecule has 2 aromatic rings. The molecule has 2 aromatic carbocycles. The maximum atomic E-state index is 12.7. The van der Waals surface area contributed by atoms with Gasteiger partial charge >= 0.3 is 0 Å². The highest BCUT2D eigenvalue weighted by Gasteiger charge is 2.21. The van der Waals surface area contributed by atoms with Gasteiger partial charge in [0.15, 0.2) is 0 Å². The van der Waals surface area contributed by atoms with Gasteiger partial charge in [-0.25, -0.2) is 8.42 Å². The van der Waals surface area contributed by atoms with Crippen LogP contribution in [0.5, 0.6) is 11.5 Å². The number of hydrogen-bond donors (Lipinski definition) is 2. The molecule has 26 heavy (non-hydrogen) atoms. The molecule has 0 saturated heterocycles. The molecule has 0 aliphatic heterocycles. The van der Waals surface area contributed by atoms with Crippen LogP contribution >= 0.6 is 11.6 Å². The normalized spacial score (nSPS) is 10.9. The van der Waals surface area contributed by atoms with Gasteiger partial charge in [0, 0.05) is 11.6 Å². The molecule has 2 N–H and O–H groups in total. The van der Waals surface area contributed by atoms with Crippen LogP contribution in [-0.4, -0.2) is 35.1 Å². The third-order valence-electron chi connectivity index (χ3n) is 3.47. The van der Waals surface area contributed by atoms with Crippen molar-refractivity contribution in [1.29, 1.82) is 0 Å². The van der Waals surface area contributed by atoms with Crippen LogP contribution in [-0.2, 0) is 10.0 Å². The van der Waals surface area contributed by atoms with Crippen molar-refractivity contribution in [3.8, 4) is 11.5 Å². The first-order valence-corrected chi connectivity index (χ1v) is 9.51. The maximum Gasteiger partial charge on any atom is 0.262 e. The summed E-state index contributed by atoms with van der Waals surface area (Å²) in [4.78, 5) is 12.1. The van der Waals surface area contributed by atoms with E-state index in [1.165, 1.54) is 38.5 Å². The Morgan fingerprint density at radius 3 is 2.35 bits per heavy atom. The van der Waals surface area contributed by atoms with Crippen molar-refractivity contribution in [1.82, 2.24) is 5.32 Å². The minimum Gasteiger partial charge on any atom is -0.496 e. The minimum absolute atomic E-state index is 0.0958. The van der Waals surface area contributed by atoms with Crippen LogP contribution in [0.3, 0.4) is 0 Å². The summed E-state index contributed by atoms with van der Waals surface area (Å²) in [5.74, 6) is 0.160. The van der Waals surface area contributed by atoms with Crippen LogP contribution in [0.2, 0.25) is 5.02 Å². The third kappa shape index (κ3) is 4.39. The quantitative estimate of drug-likeness (QED) is 0.747. The minimum atomic E-state index is -3.98. The lowest BCUT2D eigenvalue weighted by molar-refractivity contribution is 0.0952. The van der Waals surface area contributed by atoms with Gasteiger partial charge in [-0.2, -0.15) is 0 Å². The van der Waals surface area contributed by atoms with Gasteiger partial charge < -0.3 is 14.8 Å². The van der Waals surface area contributed by atoms with E-state index in [2.05, 4.69) is 10.0 Å². The molecule has 9 heteroatoms. The van der Waals surface area contributed by atoms with Crippen molar-refractivity contribution in [3.63, 3.8) is 0 Å². The molecule has 140 valence electrons. The standard InChI is InChI=1S/C17H19ClN2O5S/c1-4-19-17(21)13-10-12(6-8-15(13)24-2)26(22,23)20-14-9-11(18)5-7-16(14)25-3/h5-10,20H,4H2,1-3H3,(H,19,21). The predicted octanol–water partition coefficient (Wildman–Crippen LogP) is 2.91. The van der Waals surface area contributed by atoms with Crippen LogP contribution < -0.4 is 19.5 Å². The molecule has 0 spiro atoms. The van der Waals surface area contributed by atoms with Crippen LogP contribution in [0.25, 0.3) is 0 Å². The van der Waals surface area contributed by atoms with Crippen LogP contribution in [0.4, 0.5) is 5.69 Å². The van der Waals surface area contributed by atoms with Gasteiger partial charge in [0.05, 0.1) is 30.4 Å². The molecule has 0 saturated carbocycles. The number of amides is 1. The topological polar surface area (TPSA) is 93.7 Å². The number of hydrogen-bond acceptors (Lipinski definition) is 5. The first kappa shape index (κ1) is 19.9. The number of nitrogens with one attached hydrogen (secondary N) is 2. The Kier molecular flexibility index (Phi) is 6.33. The Hall–Kier alpha value is -2.45. The van der Waals surface area contributed by atoms with E-state index in [1.807, 2.05) is 0 Å². The van der Waals surface area contributed by atoms with Crippen molar-refractivity contribution < 1.29 is 22.7 Å². The number of carbonyl (C=O) groups excluding carboxylic acids is 1. The molecule has 0 aliphatic rings. The molecule has 0 aromatic heterocycles. The zero-order valence-corrected chi connectivity index (χ0v) is 16.1. The molecule has 0 heterocycles. The van der Waals surface area contributed by atoms with Crippen LogP contribution in [0.1, 0.15) is 17.3 Å².